The predicted molar refractivity (Wildman–Crippen MR) is 47.3 cm³/mol. The van der Waals surface area contributed by atoms with Gasteiger partial charge < -0.3 is 10.5 Å². The molecule has 5 heteroatoms. The van der Waals surface area contributed by atoms with Crippen molar-refractivity contribution in [3.8, 4) is 0 Å². The standard InChI is InChI=1S/C7H16NO3P/c8-4-3-6-10-5-1-2-7-11-12-9/h1-8H2. The van der Waals surface area contributed by atoms with Gasteiger partial charge in [-0.15, -0.1) is 0 Å². The van der Waals surface area contributed by atoms with Crippen LogP contribution in [0.2, 0.25) is 0 Å². The number of unbranched alkanes of at least 4 members (excludes halogenated alkanes) is 1. The van der Waals surface area contributed by atoms with Gasteiger partial charge in [0.1, 0.15) is 0 Å². The van der Waals surface area contributed by atoms with Crippen molar-refractivity contribution < 1.29 is 13.8 Å². The average Bonchev–Trinajstić information content (AvgIpc) is 2.10. The topological polar surface area (TPSA) is 61.6 Å². The van der Waals surface area contributed by atoms with E-state index in [1.54, 1.807) is 0 Å². The van der Waals surface area contributed by atoms with E-state index in [-0.39, 0.29) is 8.69 Å². The molecule has 0 radical (unpaired) electrons. The number of nitrogens with two attached hydrogens (primary N) is 1. The lowest BCUT2D eigenvalue weighted by atomic mass is 10.3. The van der Waals surface area contributed by atoms with Crippen molar-refractivity contribution >= 4 is 8.69 Å². The lowest BCUT2D eigenvalue weighted by Gasteiger charge is -2.01. The SMILES string of the molecule is NCCCOCCCCOP=O. The maximum absolute atomic E-state index is 9.81. The predicted octanol–water partition coefficient (Wildman–Crippen LogP) is 1.36. The quantitative estimate of drug-likeness (QED) is 0.443. The first-order chi connectivity index (χ1) is 5.91. The Balaban J connectivity index is 2.77. The van der Waals surface area contributed by atoms with Crippen molar-refractivity contribution in [3.05, 3.63) is 0 Å². The van der Waals surface area contributed by atoms with E-state index in [0.29, 0.717) is 13.2 Å². The molecule has 0 spiro atoms. The molecule has 0 aromatic rings. The van der Waals surface area contributed by atoms with Crippen molar-refractivity contribution in [3.63, 3.8) is 0 Å². The first-order valence-electron chi connectivity index (χ1n) is 4.14. The highest BCUT2D eigenvalue weighted by Crippen LogP contribution is 1.98. The van der Waals surface area contributed by atoms with Gasteiger partial charge in [0.05, 0.1) is 6.61 Å². The second kappa shape index (κ2) is 11.0. The van der Waals surface area contributed by atoms with E-state index in [1.165, 1.54) is 0 Å². The van der Waals surface area contributed by atoms with Gasteiger partial charge in [-0.25, -0.2) is 4.57 Å². The summed E-state index contributed by atoms with van der Waals surface area (Å²) in [5, 5.41) is 0. The molecule has 0 atom stereocenters. The Bertz CT molecular complexity index is 103. The monoisotopic (exact) mass is 193 g/mol. The summed E-state index contributed by atoms with van der Waals surface area (Å²) in [5.41, 5.74) is 5.27. The van der Waals surface area contributed by atoms with E-state index in [9.17, 15) is 4.57 Å². The molecule has 2 N–H and O–H groups in total. The van der Waals surface area contributed by atoms with Gasteiger partial charge in [-0.2, -0.15) is 0 Å². The second-order valence-electron chi connectivity index (χ2n) is 2.37. The molecule has 72 valence electrons. The van der Waals surface area contributed by atoms with Crippen LogP contribution in [0.4, 0.5) is 0 Å². The smallest absolute Gasteiger partial charge is 0.327 e. The average molecular weight is 193 g/mol. The fourth-order valence-electron chi connectivity index (χ4n) is 0.695. The van der Waals surface area contributed by atoms with Gasteiger partial charge in [0.2, 0.25) is 0 Å². The van der Waals surface area contributed by atoms with Gasteiger partial charge in [-0.05, 0) is 25.8 Å². The molecule has 0 unspecified atom stereocenters. The van der Waals surface area contributed by atoms with E-state index in [0.717, 1.165) is 32.5 Å². The van der Waals surface area contributed by atoms with E-state index in [4.69, 9.17) is 10.5 Å². The summed E-state index contributed by atoms with van der Waals surface area (Å²) in [4.78, 5) is 0. The Morgan fingerprint density at radius 2 is 1.75 bits per heavy atom. The van der Waals surface area contributed by atoms with Gasteiger partial charge in [-0.3, -0.25) is 4.52 Å². The van der Waals surface area contributed by atoms with Crippen LogP contribution in [0, 0.1) is 0 Å². The Kier molecular flexibility index (Phi) is 11.0. The number of rotatable bonds is 9. The molecular weight excluding hydrogens is 177 g/mol. The zero-order chi connectivity index (χ0) is 9.07. The largest absolute Gasteiger partial charge is 0.381 e. The van der Waals surface area contributed by atoms with Gasteiger partial charge in [0.25, 0.3) is 0 Å². The van der Waals surface area contributed by atoms with Gasteiger partial charge >= 0.3 is 8.69 Å². The first kappa shape index (κ1) is 12.0. The first-order valence-corrected chi connectivity index (χ1v) is 4.87. The Morgan fingerprint density at radius 3 is 2.42 bits per heavy atom. The fourth-order valence-corrected chi connectivity index (χ4v) is 0.899. The molecule has 0 bridgehead atoms. The molecule has 0 aromatic heterocycles. The summed E-state index contributed by atoms with van der Waals surface area (Å²) in [5.74, 6) is 0. The molecular formula is C7H16NO3P. The van der Waals surface area contributed by atoms with Gasteiger partial charge in [0, 0.05) is 13.2 Å². The van der Waals surface area contributed by atoms with E-state index in [2.05, 4.69) is 4.52 Å². The third kappa shape index (κ3) is 9.98. The van der Waals surface area contributed by atoms with Gasteiger partial charge in [-0.1, -0.05) is 0 Å². The van der Waals surface area contributed by atoms with E-state index in [1.807, 2.05) is 0 Å². The zero-order valence-corrected chi connectivity index (χ0v) is 8.09. The number of hydrogen-bond acceptors (Lipinski definition) is 4. The van der Waals surface area contributed by atoms with E-state index >= 15 is 0 Å². The number of hydrogen-bond donors (Lipinski definition) is 1. The molecule has 0 heterocycles. The van der Waals surface area contributed by atoms with Crippen LogP contribution in [-0.2, 0) is 13.8 Å². The van der Waals surface area contributed by atoms with Crippen LogP contribution in [0.25, 0.3) is 0 Å². The summed E-state index contributed by atoms with van der Waals surface area (Å²) in [7, 11) is -0.236. The maximum atomic E-state index is 9.81. The highest BCUT2D eigenvalue weighted by molar-refractivity contribution is 7.17. The molecule has 12 heavy (non-hydrogen) atoms. The van der Waals surface area contributed by atoms with E-state index < -0.39 is 0 Å². The second-order valence-corrected chi connectivity index (χ2v) is 2.78. The normalized spacial score (nSPS) is 10.8. The van der Waals surface area contributed by atoms with Crippen molar-refractivity contribution in [2.24, 2.45) is 5.73 Å². The third-order valence-electron chi connectivity index (χ3n) is 1.32. The molecule has 0 aliphatic carbocycles. The molecule has 0 fully saturated rings. The Morgan fingerprint density at radius 1 is 1.08 bits per heavy atom. The fraction of sp³-hybridized carbons (Fsp3) is 1.00. The summed E-state index contributed by atoms with van der Waals surface area (Å²) < 4.78 is 19.6. The van der Waals surface area contributed by atoms with Crippen molar-refractivity contribution in [1.29, 1.82) is 0 Å². The molecule has 0 saturated carbocycles. The Hall–Kier alpha value is -0.0200. The van der Waals surface area contributed by atoms with Crippen molar-refractivity contribution in [2.45, 2.75) is 19.3 Å². The van der Waals surface area contributed by atoms with Gasteiger partial charge in [0.15, 0.2) is 0 Å². The Labute approximate surface area is 74.7 Å². The minimum absolute atomic E-state index is 0.236. The minimum atomic E-state index is -0.236. The number of ether oxygens (including phenoxy) is 1. The third-order valence-corrected chi connectivity index (χ3v) is 1.61. The molecule has 0 rings (SSSR count). The van der Waals surface area contributed by atoms with Crippen molar-refractivity contribution in [2.75, 3.05) is 26.4 Å². The summed E-state index contributed by atoms with van der Waals surface area (Å²) >= 11 is 0. The lowest BCUT2D eigenvalue weighted by molar-refractivity contribution is 0.126. The lowest BCUT2D eigenvalue weighted by Crippen LogP contribution is -2.05. The molecule has 0 aliphatic heterocycles. The van der Waals surface area contributed by atoms with Crippen LogP contribution in [0.3, 0.4) is 0 Å². The maximum Gasteiger partial charge on any atom is 0.327 e. The van der Waals surface area contributed by atoms with Crippen LogP contribution in [-0.4, -0.2) is 26.4 Å². The molecule has 0 aromatic carbocycles. The highest BCUT2D eigenvalue weighted by Gasteiger charge is 1.89. The molecule has 0 saturated heterocycles. The molecule has 4 nitrogen and oxygen atoms in total. The molecule has 0 amide bonds. The van der Waals surface area contributed by atoms with Crippen LogP contribution in [0.15, 0.2) is 0 Å². The van der Waals surface area contributed by atoms with Crippen LogP contribution >= 0.6 is 8.69 Å². The summed E-state index contributed by atoms with van der Waals surface area (Å²) in [6.07, 6.45) is 2.74. The summed E-state index contributed by atoms with van der Waals surface area (Å²) in [6.45, 7) is 2.68. The van der Waals surface area contributed by atoms with Crippen LogP contribution in [0.1, 0.15) is 19.3 Å². The summed E-state index contributed by atoms with van der Waals surface area (Å²) in [6, 6.07) is 0. The zero-order valence-electron chi connectivity index (χ0n) is 7.20. The van der Waals surface area contributed by atoms with Crippen LogP contribution in [0.5, 0.6) is 0 Å². The molecule has 0 aliphatic rings. The van der Waals surface area contributed by atoms with Crippen LogP contribution < -0.4 is 5.73 Å². The minimum Gasteiger partial charge on any atom is -0.381 e. The van der Waals surface area contributed by atoms with Crippen molar-refractivity contribution in [1.82, 2.24) is 0 Å². The highest BCUT2D eigenvalue weighted by atomic mass is 31.1.